The zero-order valence-electron chi connectivity index (χ0n) is 11.3. The van der Waals surface area contributed by atoms with E-state index in [2.05, 4.69) is 5.32 Å². The maximum absolute atomic E-state index is 11.9. The Kier molecular flexibility index (Phi) is 4.34. The molecule has 1 N–H and O–H groups in total. The van der Waals surface area contributed by atoms with Crippen LogP contribution in [0.3, 0.4) is 0 Å². The third-order valence-corrected chi connectivity index (χ3v) is 2.52. The van der Waals surface area contributed by atoms with Crippen LogP contribution in [-0.4, -0.2) is 29.4 Å². The molecule has 0 fully saturated rings. The van der Waals surface area contributed by atoms with Gasteiger partial charge in [-0.2, -0.15) is 0 Å². The van der Waals surface area contributed by atoms with Crippen molar-refractivity contribution in [2.45, 2.75) is 45.8 Å². The van der Waals surface area contributed by atoms with E-state index in [0.717, 1.165) is 5.76 Å². The van der Waals surface area contributed by atoms with E-state index >= 15 is 0 Å². The Balaban J connectivity index is 2.51. The molecule has 1 aromatic heterocycles. The van der Waals surface area contributed by atoms with Crippen LogP contribution in [-0.2, 0) is 11.3 Å². The Morgan fingerprint density at radius 3 is 2.65 bits per heavy atom. The molecule has 1 amide bonds. The standard InChI is InChI=1S/C13H22N2O2/c1-10(12(16)14-13(2,3)4)15(5)9-11-7-6-8-17-11/h6-8,10H,9H2,1-5H3,(H,14,16). The molecule has 1 aromatic rings. The molecule has 4 heteroatoms. The molecule has 4 nitrogen and oxygen atoms in total. The molecule has 0 aromatic carbocycles. The van der Waals surface area contributed by atoms with Crippen molar-refractivity contribution in [1.29, 1.82) is 0 Å². The monoisotopic (exact) mass is 238 g/mol. The molecule has 96 valence electrons. The van der Waals surface area contributed by atoms with Crippen LogP contribution < -0.4 is 5.32 Å². The molecular formula is C13H22N2O2. The molecular weight excluding hydrogens is 216 g/mol. The zero-order chi connectivity index (χ0) is 13.1. The summed E-state index contributed by atoms with van der Waals surface area (Å²) < 4.78 is 5.26. The van der Waals surface area contributed by atoms with Gasteiger partial charge in [-0.05, 0) is 46.9 Å². The van der Waals surface area contributed by atoms with Crippen molar-refractivity contribution < 1.29 is 9.21 Å². The maximum Gasteiger partial charge on any atom is 0.237 e. The maximum atomic E-state index is 11.9. The van der Waals surface area contributed by atoms with Gasteiger partial charge in [0.2, 0.25) is 5.91 Å². The highest BCUT2D eigenvalue weighted by atomic mass is 16.3. The minimum absolute atomic E-state index is 0.0338. The van der Waals surface area contributed by atoms with Crippen LogP contribution >= 0.6 is 0 Å². The van der Waals surface area contributed by atoms with Gasteiger partial charge in [0.05, 0.1) is 18.8 Å². The van der Waals surface area contributed by atoms with E-state index in [1.54, 1.807) is 6.26 Å². The number of hydrogen-bond acceptors (Lipinski definition) is 3. The summed E-state index contributed by atoms with van der Waals surface area (Å²) in [6.07, 6.45) is 1.64. The van der Waals surface area contributed by atoms with E-state index in [-0.39, 0.29) is 17.5 Å². The molecule has 1 heterocycles. The van der Waals surface area contributed by atoms with Gasteiger partial charge in [-0.1, -0.05) is 0 Å². The second-order valence-corrected chi connectivity index (χ2v) is 5.41. The number of rotatable bonds is 4. The predicted molar refractivity (Wildman–Crippen MR) is 67.5 cm³/mol. The van der Waals surface area contributed by atoms with Crippen LogP contribution in [0.4, 0.5) is 0 Å². The first kappa shape index (κ1) is 13.8. The predicted octanol–water partition coefficient (Wildman–Crippen LogP) is 2.01. The highest BCUT2D eigenvalue weighted by Gasteiger charge is 2.22. The topological polar surface area (TPSA) is 45.5 Å². The second-order valence-electron chi connectivity index (χ2n) is 5.41. The second kappa shape index (κ2) is 5.36. The minimum Gasteiger partial charge on any atom is -0.468 e. The third kappa shape index (κ3) is 4.61. The number of amides is 1. The third-order valence-electron chi connectivity index (χ3n) is 2.52. The van der Waals surface area contributed by atoms with Crippen LogP contribution in [0.1, 0.15) is 33.5 Å². The molecule has 0 radical (unpaired) electrons. The van der Waals surface area contributed by atoms with Crippen molar-refractivity contribution in [3.63, 3.8) is 0 Å². The van der Waals surface area contributed by atoms with Gasteiger partial charge in [-0.15, -0.1) is 0 Å². The van der Waals surface area contributed by atoms with Gasteiger partial charge in [-0.25, -0.2) is 0 Å². The number of nitrogens with one attached hydrogen (secondary N) is 1. The highest BCUT2D eigenvalue weighted by Crippen LogP contribution is 2.08. The average molecular weight is 238 g/mol. The Morgan fingerprint density at radius 2 is 2.18 bits per heavy atom. The summed E-state index contributed by atoms with van der Waals surface area (Å²) in [6.45, 7) is 8.45. The van der Waals surface area contributed by atoms with Crippen LogP contribution in [0.5, 0.6) is 0 Å². The summed E-state index contributed by atoms with van der Waals surface area (Å²) >= 11 is 0. The number of carbonyl (C=O) groups is 1. The molecule has 0 spiro atoms. The molecule has 0 aliphatic rings. The fourth-order valence-electron chi connectivity index (χ4n) is 1.46. The molecule has 0 aliphatic carbocycles. The van der Waals surface area contributed by atoms with Gasteiger partial charge in [-0.3, -0.25) is 9.69 Å². The molecule has 1 rings (SSSR count). The molecule has 0 bridgehead atoms. The van der Waals surface area contributed by atoms with Gasteiger partial charge >= 0.3 is 0 Å². The lowest BCUT2D eigenvalue weighted by Gasteiger charge is -2.27. The fraction of sp³-hybridized carbons (Fsp3) is 0.615. The molecule has 1 atom stereocenters. The highest BCUT2D eigenvalue weighted by molar-refractivity contribution is 5.81. The Bertz CT molecular complexity index is 352. The van der Waals surface area contributed by atoms with Crippen molar-refractivity contribution in [3.8, 4) is 0 Å². The van der Waals surface area contributed by atoms with E-state index in [1.807, 2.05) is 51.8 Å². The van der Waals surface area contributed by atoms with Crippen molar-refractivity contribution in [3.05, 3.63) is 24.2 Å². The Labute approximate surface area is 103 Å². The van der Waals surface area contributed by atoms with Crippen molar-refractivity contribution in [1.82, 2.24) is 10.2 Å². The Hall–Kier alpha value is -1.29. The van der Waals surface area contributed by atoms with Crippen molar-refractivity contribution in [2.75, 3.05) is 7.05 Å². The number of nitrogens with zero attached hydrogens (tertiary/aromatic N) is 1. The summed E-state index contributed by atoms with van der Waals surface area (Å²) in [4.78, 5) is 13.9. The summed E-state index contributed by atoms with van der Waals surface area (Å²) in [6, 6.07) is 3.58. The van der Waals surface area contributed by atoms with Crippen molar-refractivity contribution in [2.24, 2.45) is 0 Å². The largest absolute Gasteiger partial charge is 0.468 e. The van der Waals surface area contributed by atoms with Gasteiger partial charge in [0, 0.05) is 5.54 Å². The normalized spacial score (nSPS) is 13.8. The van der Waals surface area contributed by atoms with Crippen LogP contribution in [0.25, 0.3) is 0 Å². The van der Waals surface area contributed by atoms with E-state index in [4.69, 9.17) is 4.42 Å². The number of furan rings is 1. The average Bonchev–Trinajstić information content (AvgIpc) is 2.66. The van der Waals surface area contributed by atoms with E-state index in [0.29, 0.717) is 6.54 Å². The fourth-order valence-corrected chi connectivity index (χ4v) is 1.46. The van der Waals surface area contributed by atoms with Crippen LogP contribution in [0.2, 0.25) is 0 Å². The Morgan fingerprint density at radius 1 is 1.53 bits per heavy atom. The smallest absolute Gasteiger partial charge is 0.237 e. The van der Waals surface area contributed by atoms with E-state index < -0.39 is 0 Å². The van der Waals surface area contributed by atoms with E-state index in [1.165, 1.54) is 0 Å². The first-order chi connectivity index (χ1) is 7.79. The van der Waals surface area contributed by atoms with E-state index in [9.17, 15) is 4.79 Å². The van der Waals surface area contributed by atoms with Gasteiger partial charge in [0.15, 0.2) is 0 Å². The summed E-state index contributed by atoms with van der Waals surface area (Å²) in [5.74, 6) is 0.898. The number of likely N-dealkylation sites (N-methyl/N-ethyl adjacent to an activating group) is 1. The van der Waals surface area contributed by atoms with Crippen LogP contribution in [0.15, 0.2) is 22.8 Å². The molecule has 1 unspecified atom stereocenters. The molecule has 0 aliphatic heterocycles. The van der Waals surface area contributed by atoms with Gasteiger partial charge in [0.1, 0.15) is 5.76 Å². The first-order valence-corrected chi connectivity index (χ1v) is 5.84. The summed E-state index contributed by atoms with van der Waals surface area (Å²) in [5, 5.41) is 2.97. The lowest BCUT2D eigenvalue weighted by atomic mass is 10.1. The van der Waals surface area contributed by atoms with Crippen molar-refractivity contribution >= 4 is 5.91 Å². The SMILES string of the molecule is CC(C(=O)NC(C)(C)C)N(C)Cc1ccco1. The lowest BCUT2D eigenvalue weighted by molar-refractivity contribution is -0.127. The first-order valence-electron chi connectivity index (χ1n) is 5.84. The molecule has 0 saturated heterocycles. The molecule has 17 heavy (non-hydrogen) atoms. The quantitative estimate of drug-likeness (QED) is 0.872. The zero-order valence-corrected chi connectivity index (χ0v) is 11.3. The van der Waals surface area contributed by atoms with Gasteiger partial charge < -0.3 is 9.73 Å². The van der Waals surface area contributed by atoms with Crippen LogP contribution in [0, 0.1) is 0 Å². The summed E-state index contributed by atoms with van der Waals surface area (Å²) in [7, 11) is 1.91. The number of carbonyl (C=O) groups excluding carboxylic acids is 1. The van der Waals surface area contributed by atoms with Gasteiger partial charge in [0.25, 0.3) is 0 Å². The summed E-state index contributed by atoms with van der Waals surface area (Å²) in [5.41, 5.74) is -0.198. The number of hydrogen-bond donors (Lipinski definition) is 1. The minimum atomic E-state index is -0.198. The molecule has 0 saturated carbocycles. The lowest BCUT2D eigenvalue weighted by Crippen LogP contribution is -2.49.